The van der Waals surface area contributed by atoms with Crippen LogP contribution < -0.4 is 19.3 Å². The van der Waals surface area contributed by atoms with Crippen molar-refractivity contribution in [2.45, 2.75) is 25.8 Å². The van der Waals surface area contributed by atoms with E-state index in [2.05, 4.69) is 17.5 Å². The number of carbonyl (C=O) groups excluding carboxylic acids is 2. The lowest BCUT2D eigenvalue weighted by molar-refractivity contribution is -0.122. The fourth-order valence-corrected chi connectivity index (χ4v) is 5.23. The van der Waals surface area contributed by atoms with Gasteiger partial charge in [0.05, 0.1) is 17.5 Å². The first-order valence-corrected chi connectivity index (χ1v) is 11.9. The molecule has 3 aromatic rings. The van der Waals surface area contributed by atoms with Gasteiger partial charge in [0, 0.05) is 17.8 Å². The number of anilines is 2. The highest BCUT2D eigenvalue weighted by Crippen LogP contribution is 2.42. The molecule has 3 aliphatic rings. The van der Waals surface area contributed by atoms with Crippen LogP contribution in [-0.4, -0.2) is 18.5 Å². The van der Waals surface area contributed by atoms with E-state index < -0.39 is 0 Å². The molecule has 1 aliphatic carbocycles. The highest BCUT2D eigenvalue weighted by Gasteiger charge is 2.49. The Balaban J connectivity index is 1.12. The van der Waals surface area contributed by atoms with Crippen LogP contribution in [0.1, 0.15) is 24.8 Å². The minimum absolute atomic E-state index is 0.0962. The van der Waals surface area contributed by atoms with Crippen LogP contribution in [0.15, 0.2) is 84.9 Å². The first kappa shape index (κ1) is 21.5. The van der Waals surface area contributed by atoms with E-state index >= 15 is 0 Å². The Bertz CT molecular complexity index is 1300. The fourth-order valence-electron chi connectivity index (χ4n) is 5.23. The third kappa shape index (κ3) is 3.95. The van der Waals surface area contributed by atoms with Crippen molar-refractivity contribution < 1.29 is 19.1 Å². The molecule has 0 aromatic heterocycles. The molecule has 2 aliphatic heterocycles. The molecular formula is C29H26N2O4. The molecule has 0 bridgehead atoms. The van der Waals surface area contributed by atoms with Crippen molar-refractivity contribution >= 4 is 23.2 Å². The van der Waals surface area contributed by atoms with Gasteiger partial charge in [0.2, 0.25) is 11.8 Å². The number of imide groups is 1. The second-order valence-corrected chi connectivity index (χ2v) is 9.39. The molecule has 2 unspecified atom stereocenters. The average molecular weight is 467 g/mol. The maximum atomic E-state index is 12.9. The number of benzene rings is 3. The molecule has 2 amide bonds. The standard InChI is InChI=1S/C29H26N2O4/c1-19-6-15-25-26(16-19)29(33)31(28(25)32)22-9-13-24(14-10-22)35-23-11-7-21(8-12-23)30-17-20-4-2-3-5-27(20)34-18-30/h2-5,7-14,25-26H,1,6,15-18H2. The van der Waals surface area contributed by atoms with E-state index in [4.69, 9.17) is 9.47 Å². The van der Waals surface area contributed by atoms with Crippen LogP contribution in [0, 0.1) is 11.8 Å². The number of amides is 2. The molecule has 0 spiro atoms. The highest BCUT2D eigenvalue weighted by atomic mass is 16.5. The van der Waals surface area contributed by atoms with Gasteiger partial charge in [-0.2, -0.15) is 0 Å². The molecule has 35 heavy (non-hydrogen) atoms. The first-order chi connectivity index (χ1) is 17.1. The fraction of sp³-hybridized carbons (Fsp3) is 0.241. The van der Waals surface area contributed by atoms with E-state index in [-0.39, 0.29) is 23.7 Å². The molecule has 6 rings (SSSR count). The SMILES string of the molecule is C=C1CCC2C(=O)N(c3ccc(Oc4ccc(N5COc6ccccc6C5)cc4)cc3)C(=O)C2C1. The molecule has 3 aromatic carbocycles. The van der Waals surface area contributed by atoms with Crippen LogP contribution in [0.2, 0.25) is 0 Å². The van der Waals surface area contributed by atoms with Gasteiger partial charge < -0.3 is 14.4 Å². The van der Waals surface area contributed by atoms with Gasteiger partial charge in [-0.3, -0.25) is 14.5 Å². The Kier molecular flexibility index (Phi) is 5.29. The number of para-hydroxylation sites is 1. The Morgan fingerprint density at radius 2 is 1.49 bits per heavy atom. The highest BCUT2D eigenvalue weighted by molar-refractivity contribution is 6.22. The number of nitrogens with zero attached hydrogens (tertiary/aromatic N) is 2. The smallest absolute Gasteiger partial charge is 0.238 e. The van der Waals surface area contributed by atoms with Crippen molar-refractivity contribution in [1.29, 1.82) is 0 Å². The number of allylic oxidation sites excluding steroid dienone is 1. The van der Waals surface area contributed by atoms with E-state index in [1.54, 1.807) is 24.3 Å². The topological polar surface area (TPSA) is 59.1 Å². The van der Waals surface area contributed by atoms with Crippen molar-refractivity contribution in [2.24, 2.45) is 11.8 Å². The van der Waals surface area contributed by atoms with Gasteiger partial charge in [0.15, 0.2) is 6.73 Å². The molecule has 0 radical (unpaired) electrons. The van der Waals surface area contributed by atoms with Crippen molar-refractivity contribution in [2.75, 3.05) is 16.5 Å². The van der Waals surface area contributed by atoms with Crippen LogP contribution in [-0.2, 0) is 16.1 Å². The molecule has 1 saturated heterocycles. The zero-order valence-electron chi connectivity index (χ0n) is 19.4. The Labute approximate surface area is 204 Å². The van der Waals surface area contributed by atoms with E-state index in [0.29, 0.717) is 36.8 Å². The van der Waals surface area contributed by atoms with Crippen LogP contribution in [0.4, 0.5) is 11.4 Å². The summed E-state index contributed by atoms with van der Waals surface area (Å²) >= 11 is 0. The lowest BCUT2D eigenvalue weighted by Gasteiger charge is -2.30. The zero-order valence-corrected chi connectivity index (χ0v) is 19.4. The summed E-state index contributed by atoms with van der Waals surface area (Å²) < 4.78 is 11.9. The Hall–Kier alpha value is -4.06. The largest absolute Gasteiger partial charge is 0.473 e. The number of carbonyl (C=O) groups is 2. The van der Waals surface area contributed by atoms with Gasteiger partial charge in [-0.25, -0.2) is 0 Å². The minimum atomic E-state index is -0.267. The molecule has 0 N–H and O–H groups in total. The lowest BCUT2D eigenvalue weighted by atomic mass is 9.79. The Morgan fingerprint density at radius 3 is 2.23 bits per heavy atom. The average Bonchev–Trinajstić information content (AvgIpc) is 3.13. The first-order valence-electron chi connectivity index (χ1n) is 11.9. The number of fused-ring (bicyclic) bond motifs is 2. The minimum Gasteiger partial charge on any atom is -0.473 e. The third-order valence-corrected chi connectivity index (χ3v) is 7.12. The van der Waals surface area contributed by atoms with E-state index in [9.17, 15) is 9.59 Å². The third-order valence-electron chi connectivity index (χ3n) is 7.12. The molecular weight excluding hydrogens is 440 g/mol. The Morgan fingerprint density at radius 1 is 0.829 bits per heavy atom. The van der Waals surface area contributed by atoms with Gasteiger partial charge in [-0.05, 0) is 73.9 Å². The van der Waals surface area contributed by atoms with Gasteiger partial charge in [-0.1, -0.05) is 30.4 Å². The van der Waals surface area contributed by atoms with Crippen LogP contribution in [0.3, 0.4) is 0 Å². The number of hydrogen-bond acceptors (Lipinski definition) is 5. The summed E-state index contributed by atoms with van der Waals surface area (Å²) in [6.07, 6.45) is 2.13. The van der Waals surface area contributed by atoms with Gasteiger partial charge in [0.25, 0.3) is 0 Å². The summed E-state index contributed by atoms with van der Waals surface area (Å²) in [5.41, 5.74) is 3.87. The summed E-state index contributed by atoms with van der Waals surface area (Å²) in [4.78, 5) is 29.3. The molecule has 6 heteroatoms. The summed E-state index contributed by atoms with van der Waals surface area (Å²) in [5, 5.41) is 0. The number of ether oxygens (including phenoxy) is 2. The van der Waals surface area contributed by atoms with Crippen molar-refractivity contribution in [3.05, 3.63) is 90.5 Å². The van der Waals surface area contributed by atoms with Crippen LogP contribution in [0.25, 0.3) is 0 Å². The summed E-state index contributed by atoms with van der Waals surface area (Å²) in [7, 11) is 0. The maximum absolute atomic E-state index is 12.9. The van der Waals surface area contributed by atoms with Crippen LogP contribution >= 0.6 is 0 Å². The van der Waals surface area contributed by atoms with E-state index in [1.165, 1.54) is 10.5 Å². The van der Waals surface area contributed by atoms with Gasteiger partial charge in [-0.15, -0.1) is 0 Å². The van der Waals surface area contributed by atoms with Gasteiger partial charge >= 0.3 is 0 Å². The second kappa shape index (κ2) is 8.62. The molecule has 176 valence electrons. The molecule has 2 heterocycles. The van der Waals surface area contributed by atoms with E-state index in [1.807, 2.05) is 42.5 Å². The predicted molar refractivity (Wildman–Crippen MR) is 134 cm³/mol. The zero-order chi connectivity index (χ0) is 23.9. The number of rotatable bonds is 4. The predicted octanol–water partition coefficient (Wildman–Crippen LogP) is 5.68. The second-order valence-electron chi connectivity index (χ2n) is 9.39. The quantitative estimate of drug-likeness (QED) is 0.366. The lowest BCUT2D eigenvalue weighted by Crippen LogP contribution is -2.31. The molecule has 1 saturated carbocycles. The monoisotopic (exact) mass is 466 g/mol. The van der Waals surface area contributed by atoms with Crippen molar-refractivity contribution in [1.82, 2.24) is 0 Å². The van der Waals surface area contributed by atoms with E-state index in [0.717, 1.165) is 30.0 Å². The maximum Gasteiger partial charge on any atom is 0.238 e. The molecule has 6 nitrogen and oxygen atoms in total. The molecule has 2 atom stereocenters. The van der Waals surface area contributed by atoms with Gasteiger partial charge in [0.1, 0.15) is 17.2 Å². The van der Waals surface area contributed by atoms with Crippen molar-refractivity contribution in [3.63, 3.8) is 0 Å². The van der Waals surface area contributed by atoms with Crippen molar-refractivity contribution in [3.8, 4) is 17.2 Å². The summed E-state index contributed by atoms with van der Waals surface area (Å²) in [6.45, 7) is 5.31. The van der Waals surface area contributed by atoms with Crippen LogP contribution in [0.5, 0.6) is 17.2 Å². The summed E-state index contributed by atoms with van der Waals surface area (Å²) in [6, 6.07) is 23.1. The normalized spacial score (nSPS) is 21.4. The molecule has 2 fully saturated rings. The number of hydrogen-bond donors (Lipinski definition) is 0. The summed E-state index contributed by atoms with van der Waals surface area (Å²) in [5.74, 6) is 1.58.